The SMILES string of the molecule is CC(C)(C)OC(=O)N1CC(Oc2cc(Cl)c(F)cc2C#N)(C(F)(F)F)C1. The first kappa shape index (κ1) is 20.1. The molecule has 0 aromatic heterocycles. The summed E-state index contributed by atoms with van der Waals surface area (Å²) in [6, 6.07) is 3.05. The average molecular weight is 395 g/mol. The van der Waals surface area contributed by atoms with Gasteiger partial charge in [0.15, 0.2) is 0 Å². The number of amides is 1. The van der Waals surface area contributed by atoms with Crippen LogP contribution in [0.15, 0.2) is 12.1 Å². The first-order chi connectivity index (χ1) is 11.8. The molecule has 0 bridgehead atoms. The molecule has 26 heavy (non-hydrogen) atoms. The van der Waals surface area contributed by atoms with Crippen molar-refractivity contribution in [2.45, 2.75) is 38.1 Å². The number of halogens is 5. The Morgan fingerprint density at radius 1 is 1.31 bits per heavy atom. The molecule has 0 radical (unpaired) electrons. The van der Waals surface area contributed by atoms with Gasteiger partial charge in [-0.15, -0.1) is 0 Å². The summed E-state index contributed by atoms with van der Waals surface area (Å²) >= 11 is 5.57. The van der Waals surface area contributed by atoms with E-state index in [1.165, 1.54) is 0 Å². The van der Waals surface area contributed by atoms with Gasteiger partial charge < -0.3 is 9.47 Å². The van der Waals surface area contributed by atoms with Crippen LogP contribution < -0.4 is 4.74 Å². The summed E-state index contributed by atoms with van der Waals surface area (Å²) in [6.07, 6.45) is -5.77. The molecule has 1 aromatic rings. The third-order valence-corrected chi connectivity index (χ3v) is 3.80. The Hall–Kier alpha value is -2.21. The largest absolute Gasteiger partial charge is 0.473 e. The number of hydrogen-bond donors (Lipinski definition) is 0. The van der Waals surface area contributed by atoms with Crippen LogP contribution in [0.4, 0.5) is 22.4 Å². The molecule has 2 rings (SSSR count). The Balaban J connectivity index is 2.26. The van der Waals surface area contributed by atoms with Crippen LogP contribution >= 0.6 is 11.6 Å². The molecule has 1 heterocycles. The number of nitrogens with zero attached hydrogens (tertiary/aromatic N) is 2. The standard InChI is InChI=1S/C16H15ClF4N2O3/c1-14(2,3)26-13(24)23-7-15(8-23,16(19,20)21)25-12-5-10(17)11(18)4-9(12)6-22/h4-5H,7-8H2,1-3H3. The highest BCUT2D eigenvalue weighted by atomic mass is 35.5. The van der Waals surface area contributed by atoms with Crippen molar-refractivity contribution in [2.24, 2.45) is 0 Å². The quantitative estimate of drug-likeness (QED) is 0.702. The van der Waals surface area contributed by atoms with Crippen LogP contribution in [-0.4, -0.2) is 41.5 Å². The Morgan fingerprint density at radius 3 is 2.35 bits per heavy atom. The molecule has 0 aliphatic carbocycles. The van der Waals surface area contributed by atoms with E-state index in [4.69, 9.17) is 26.3 Å². The molecular weight excluding hydrogens is 380 g/mol. The van der Waals surface area contributed by atoms with Crippen molar-refractivity contribution in [3.05, 3.63) is 28.5 Å². The lowest BCUT2D eigenvalue weighted by molar-refractivity contribution is -0.284. The van der Waals surface area contributed by atoms with Crippen LogP contribution in [0.2, 0.25) is 5.02 Å². The number of likely N-dealkylation sites (tertiary alicyclic amines) is 1. The van der Waals surface area contributed by atoms with Gasteiger partial charge in [0.25, 0.3) is 0 Å². The van der Waals surface area contributed by atoms with E-state index in [1.807, 2.05) is 0 Å². The molecule has 1 amide bonds. The van der Waals surface area contributed by atoms with Crippen molar-refractivity contribution in [1.82, 2.24) is 4.90 Å². The smallest absolute Gasteiger partial charge is 0.431 e. The molecule has 0 spiro atoms. The molecule has 10 heteroatoms. The molecule has 0 unspecified atom stereocenters. The van der Waals surface area contributed by atoms with Crippen LogP contribution in [0.3, 0.4) is 0 Å². The van der Waals surface area contributed by atoms with Gasteiger partial charge in [-0.1, -0.05) is 11.6 Å². The number of ether oxygens (including phenoxy) is 2. The number of benzene rings is 1. The molecule has 0 N–H and O–H groups in total. The van der Waals surface area contributed by atoms with Crippen LogP contribution in [0, 0.1) is 17.1 Å². The van der Waals surface area contributed by atoms with Gasteiger partial charge in [-0.2, -0.15) is 18.4 Å². The molecule has 0 saturated carbocycles. The van der Waals surface area contributed by atoms with E-state index in [9.17, 15) is 22.4 Å². The van der Waals surface area contributed by atoms with Gasteiger partial charge in [0.05, 0.1) is 23.7 Å². The first-order valence-electron chi connectivity index (χ1n) is 7.41. The van der Waals surface area contributed by atoms with E-state index in [-0.39, 0.29) is 0 Å². The van der Waals surface area contributed by atoms with E-state index in [2.05, 4.69) is 0 Å². The summed E-state index contributed by atoms with van der Waals surface area (Å²) in [5, 5.41) is 8.50. The number of rotatable bonds is 2. The van der Waals surface area contributed by atoms with Crippen LogP contribution in [0.5, 0.6) is 5.75 Å². The molecule has 1 fully saturated rings. The molecular formula is C16H15ClF4N2O3. The maximum absolute atomic E-state index is 13.5. The van der Waals surface area contributed by atoms with Gasteiger partial charge >= 0.3 is 12.3 Å². The number of nitriles is 1. The maximum atomic E-state index is 13.5. The highest BCUT2D eigenvalue weighted by molar-refractivity contribution is 6.30. The third-order valence-electron chi connectivity index (χ3n) is 3.51. The lowest BCUT2D eigenvalue weighted by Gasteiger charge is -2.49. The second-order valence-corrected chi connectivity index (χ2v) is 7.21. The summed E-state index contributed by atoms with van der Waals surface area (Å²) < 4.78 is 64.1. The normalized spacial score (nSPS) is 16.5. The van der Waals surface area contributed by atoms with Crippen LogP contribution in [-0.2, 0) is 4.74 Å². The summed E-state index contributed by atoms with van der Waals surface area (Å²) in [5.74, 6) is -1.47. The van der Waals surface area contributed by atoms with E-state index in [1.54, 1.807) is 26.8 Å². The van der Waals surface area contributed by atoms with E-state index >= 15 is 0 Å². The Kier molecular flexibility index (Phi) is 5.03. The van der Waals surface area contributed by atoms with Crippen LogP contribution in [0.25, 0.3) is 0 Å². The minimum atomic E-state index is -4.85. The molecule has 0 atom stereocenters. The van der Waals surface area contributed by atoms with Gasteiger partial charge in [-0.3, -0.25) is 4.90 Å². The minimum Gasteiger partial charge on any atom is -0.473 e. The van der Waals surface area contributed by atoms with Crippen LogP contribution in [0.1, 0.15) is 26.3 Å². The Labute approximate surface area is 152 Å². The fraction of sp³-hybridized carbons (Fsp3) is 0.500. The molecule has 1 aliphatic rings. The molecule has 142 valence electrons. The average Bonchev–Trinajstić information content (AvgIpc) is 2.42. The van der Waals surface area contributed by atoms with Crippen molar-refractivity contribution in [3.8, 4) is 11.8 Å². The summed E-state index contributed by atoms with van der Waals surface area (Å²) in [7, 11) is 0. The number of hydrogen-bond acceptors (Lipinski definition) is 4. The first-order valence-corrected chi connectivity index (χ1v) is 7.78. The molecule has 1 saturated heterocycles. The lowest BCUT2D eigenvalue weighted by Crippen LogP contribution is -2.73. The van der Waals surface area contributed by atoms with Crippen molar-refractivity contribution in [3.63, 3.8) is 0 Å². The van der Waals surface area contributed by atoms with Gasteiger partial charge in [0.1, 0.15) is 23.2 Å². The van der Waals surface area contributed by atoms with E-state index < -0.39 is 58.7 Å². The summed E-state index contributed by atoms with van der Waals surface area (Å²) in [5.41, 5.74) is -4.05. The lowest BCUT2D eigenvalue weighted by atomic mass is 9.93. The zero-order valence-corrected chi connectivity index (χ0v) is 14.8. The van der Waals surface area contributed by atoms with Crippen molar-refractivity contribution in [1.29, 1.82) is 5.26 Å². The highest BCUT2D eigenvalue weighted by Crippen LogP contribution is 2.43. The van der Waals surface area contributed by atoms with Gasteiger partial charge in [0, 0.05) is 6.07 Å². The Morgan fingerprint density at radius 2 is 1.88 bits per heavy atom. The Bertz CT molecular complexity index is 762. The zero-order chi connectivity index (χ0) is 19.9. The summed E-state index contributed by atoms with van der Waals surface area (Å²) in [4.78, 5) is 12.7. The molecule has 5 nitrogen and oxygen atoms in total. The molecule has 1 aromatic carbocycles. The number of alkyl halides is 3. The minimum absolute atomic E-state index is 0.439. The van der Waals surface area contributed by atoms with Gasteiger partial charge in [-0.25, -0.2) is 9.18 Å². The number of carbonyl (C=O) groups is 1. The van der Waals surface area contributed by atoms with Crippen molar-refractivity contribution < 1.29 is 31.8 Å². The van der Waals surface area contributed by atoms with E-state index in [0.29, 0.717) is 6.07 Å². The fourth-order valence-electron chi connectivity index (χ4n) is 2.24. The van der Waals surface area contributed by atoms with E-state index in [0.717, 1.165) is 11.0 Å². The second-order valence-electron chi connectivity index (χ2n) is 6.80. The van der Waals surface area contributed by atoms with Gasteiger partial charge in [-0.05, 0) is 26.8 Å². The van der Waals surface area contributed by atoms with Gasteiger partial charge in [0.2, 0.25) is 5.60 Å². The number of carbonyl (C=O) groups excluding carboxylic acids is 1. The summed E-state index contributed by atoms with van der Waals surface area (Å²) in [6.45, 7) is 3.09. The molecule has 1 aliphatic heterocycles. The fourth-order valence-corrected chi connectivity index (χ4v) is 2.39. The topological polar surface area (TPSA) is 62.6 Å². The third kappa shape index (κ3) is 3.96. The predicted octanol–water partition coefficient (Wildman–Crippen LogP) is 4.28. The monoisotopic (exact) mass is 394 g/mol. The maximum Gasteiger partial charge on any atom is 0.431 e. The van der Waals surface area contributed by atoms with Crippen molar-refractivity contribution in [2.75, 3.05) is 13.1 Å². The zero-order valence-electron chi connectivity index (χ0n) is 14.1. The van der Waals surface area contributed by atoms with Crippen molar-refractivity contribution >= 4 is 17.7 Å². The second kappa shape index (κ2) is 6.50. The highest BCUT2D eigenvalue weighted by Gasteiger charge is 2.66. The predicted molar refractivity (Wildman–Crippen MR) is 83.3 cm³/mol.